The first-order chi connectivity index (χ1) is 8.31. The Hall–Kier alpha value is -1.36. The number of aromatic nitrogens is 2. The molecule has 0 unspecified atom stereocenters. The van der Waals surface area contributed by atoms with Crippen LogP contribution in [-0.4, -0.2) is 35.7 Å². The summed E-state index contributed by atoms with van der Waals surface area (Å²) in [6, 6.07) is 0.752. The summed E-state index contributed by atoms with van der Waals surface area (Å²) >= 11 is 0. The van der Waals surface area contributed by atoms with Gasteiger partial charge in [-0.25, -0.2) is 9.97 Å². The molecule has 0 spiro atoms. The number of rotatable bonds is 7. The van der Waals surface area contributed by atoms with Gasteiger partial charge in [0.1, 0.15) is 12.1 Å². The molecule has 0 radical (unpaired) electrons. The summed E-state index contributed by atoms with van der Waals surface area (Å²) in [4.78, 5) is 8.33. The molecule has 2 N–H and O–H groups in total. The molecular formula is C12H20N4O. The van der Waals surface area contributed by atoms with Crippen LogP contribution in [0.3, 0.4) is 0 Å². The molecule has 1 aromatic heterocycles. The molecule has 1 aromatic rings. The molecule has 1 aliphatic rings. The van der Waals surface area contributed by atoms with Crippen molar-refractivity contribution in [3.05, 3.63) is 11.9 Å². The Kier molecular flexibility index (Phi) is 4.14. The Morgan fingerprint density at radius 2 is 2.18 bits per heavy atom. The van der Waals surface area contributed by atoms with Crippen LogP contribution in [0.25, 0.3) is 0 Å². The van der Waals surface area contributed by atoms with E-state index in [9.17, 15) is 0 Å². The summed E-state index contributed by atoms with van der Waals surface area (Å²) in [5.74, 6) is 1.53. The van der Waals surface area contributed by atoms with Crippen molar-refractivity contribution in [1.29, 1.82) is 0 Å². The molecule has 2 rings (SSSR count). The van der Waals surface area contributed by atoms with E-state index in [0.717, 1.165) is 30.5 Å². The number of nitrogens with zero attached hydrogens (tertiary/aromatic N) is 2. The van der Waals surface area contributed by atoms with E-state index < -0.39 is 0 Å². The van der Waals surface area contributed by atoms with Crippen LogP contribution in [-0.2, 0) is 0 Å². The topological polar surface area (TPSA) is 59.1 Å². The van der Waals surface area contributed by atoms with Gasteiger partial charge < -0.3 is 15.4 Å². The summed E-state index contributed by atoms with van der Waals surface area (Å²) in [5.41, 5.74) is 0.973. The maximum Gasteiger partial charge on any atom is 0.221 e. The number of ether oxygens (including phenoxy) is 1. The molecule has 0 amide bonds. The van der Waals surface area contributed by atoms with E-state index in [4.69, 9.17) is 4.74 Å². The predicted octanol–water partition coefficient (Wildman–Crippen LogP) is 1.35. The van der Waals surface area contributed by atoms with Gasteiger partial charge in [-0.3, -0.25) is 0 Å². The van der Waals surface area contributed by atoms with Gasteiger partial charge in [-0.1, -0.05) is 0 Å². The van der Waals surface area contributed by atoms with Gasteiger partial charge in [-0.15, -0.1) is 0 Å². The first kappa shape index (κ1) is 12.1. The van der Waals surface area contributed by atoms with Crippen LogP contribution in [0, 0.1) is 6.92 Å². The predicted molar refractivity (Wildman–Crippen MR) is 67.5 cm³/mol. The first-order valence-corrected chi connectivity index (χ1v) is 6.23. The van der Waals surface area contributed by atoms with Gasteiger partial charge >= 0.3 is 0 Å². The summed E-state index contributed by atoms with van der Waals surface area (Å²) in [6.45, 7) is 6.40. The molecule has 1 fully saturated rings. The normalized spacial score (nSPS) is 14.7. The highest BCUT2D eigenvalue weighted by Gasteiger charge is 2.19. The van der Waals surface area contributed by atoms with E-state index in [0.29, 0.717) is 12.5 Å². The van der Waals surface area contributed by atoms with Crippen LogP contribution in [0.4, 0.5) is 5.82 Å². The lowest BCUT2D eigenvalue weighted by Gasteiger charge is -2.11. The van der Waals surface area contributed by atoms with Crippen molar-refractivity contribution in [1.82, 2.24) is 15.3 Å². The van der Waals surface area contributed by atoms with E-state index in [1.165, 1.54) is 19.2 Å². The number of anilines is 1. The zero-order valence-corrected chi connectivity index (χ0v) is 10.5. The molecule has 0 aliphatic heterocycles. The SMILES string of the molecule is CCOc1ncnc(NCCNC2CC2)c1C. The highest BCUT2D eigenvalue weighted by atomic mass is 16.5. The lowest BCUT2D eigenvalue weighted by molar-refractivity contribution is 0.324. The molecule has 94 valence electrons. The van der Waals surface area contributed by atoms with Crippen molar-refractivity contribution in [3.63, 3.8) is 0 Å². The third kappa shape index (κ3) is 3.56. The van der Waals surface area contributed by atoms with Crippen molar-refractivity contribution in [2.75, 3.05) is 25.0 Å². The number of hydrogen-bond acceptors (Lipinski definition) is 5. The summed E-state index contributed by atoms with van der Waals surface area (Å²) < 4.78 is 5.43. The average molecular weight is 236 g/mol. The molecule has 17 heavy (non-hydrogen) atoms. The smallest absolute Gasteiger partial charge is 0.221 e. The second-order valence-corrected chi connectivity index (χ2v) is 4.24. The fourth-order valence-corrected chi connectivity index (χ4v) is 1.64. The molecule has 1 saturated carbocycles. The number of nitrogens with one attached hydrogen (secondary N) is 2. The van der Waals surface area contributed by atoms with Gasteiger partial charge in [0, 0.05) is 19.1 Å². The molecule has 0 atom stereocenters. The average Bonchev–Trinajstić information content (AvgIpc) is 3.13. The zero-order valence-electron chi connectivity index (χ0n) is 10.5. The molecule has 1 heterocycles. The highest BCUT2D eigenvalue weighted by Crippen LogP contribution is 2.20. The van der Waals surface area contributed by atoms with E-state index >= 15 is 0 Å². The van der Waals surface area contributed by atoms with Crippen molar-refractivity contribution >= 4 is 5.82 Å². The fraction of sp³-hybridized carbons (Fsp3) is 0.667. The highest BCUT2D eigenvalue weighted by molar-refractivity contribution is 5.47. The van der Waals surface area contributed by atoms with Crippen LogP contribution >= 0.6 is 0 Å². The summed E-state index contributed by atoms with van der Waals surface area (Å²) in [5, 5.41) is 6.75. The second kappa shape index (κ2) is 5.82. The Morgan fingerprint density at radius 3 is 2.88 bits per heavy atom. The standard InChI is InChI=1S/C12H20N4O/c1-3-17-12-9(2)11(15-8-16-12)14-7-6-13-10-4-5-10/h8,10,13H,3-7H2,1-2H3,(H,14,15,16). The van der Waals surface area contributed by atoms with Gasteiger partial charge in [0.2, 0.25) is 5.88 Å². The van der Waals surface area contributed by atoms with E-state index in [1.807, 2.05) is 13.8 Å². The molecule has 5 heteroatoms. The van der Waals surface area contributed by atoms with Gasteiger partial charge in [-0.05, 0) is 26.7 Å². The summed E-state index contributed by atoms with van der Waals surface area (Å²) in [7, 11) is 0. The van der Waals surface area contributed by atoms with Crippen LogP contribution in [0.2, 0.25) is 0 Å². The van der Waals surface area contributed by atoms with Crippen molar-refractivity contribution in [3.8, 4) is 5.88 Å². The van der Waals surface area contributed by atoms with E-state index in [2.05, 4.69) is 20.6 Å². The van der Waals surface area contributed by atoms with Crippen LogP contribution in [0.15, 0.2) is 6.33 Å². The van der Waals surface area contributed by atoms with E-state index in [1.54, 1.807) is 0 Å². The van der Waals surface area contributed by atoms with Crippen LogP contribution in [0.1, 0.15) is 25.3 Å². The molecule has 5 nitrogen and oxygen atoms in total. The molecule has 0 aromatic carbocycles. The monoisotopic (exact) mass is 236 g/mol. The van der Waals surface area contributed by atoms with E-state index in [-0.39, 0.29) is 0 Å². The minimum absolute atomic E-state index is 0.626. The number of hydrogen-bond donors (Lipinski definition) is 2. The van der Waals surface area contributed by atoms with Crippen molar-refractivity contribution in [2.24, 2.45) is 0 Å². The van der Waals surface area contributed by atoms with Crippen molar-refractivity contribution in [2.45, 2.75) is 32.7 Å². The van der Waals surface area contributed by atoms with Gasteiger partial charge in [0.25, 0.3) is 0 Å². The van der Waals surface area contributed by atoms with Gasteiger partial charge in [0.15, 0.2) is 0 Å². The largest absolute Gasteiger partial charge is 0.478 e. The molecule has 0 bridgehead atoms. The Balaban J connectivity index is 1.83. The third-order valence-corrected chi connectivity index (χ3v) is 2.75. The lowest BCUT2D eigenvalue weighted by atomic mass is 10.3. The minimum atomic E-state index is 0.626. The molecule has 0 saturated heterocycles. The maximum absolute atomic E-state index is 5.43. The minimum Gasteiger partial charge on any atom is -0.478 e. The quantitative estimate of drug-likeness (QED) is 0.700. The fourth-order valence-electron chi connectivity index (χ4n) is 1.64. The van der Waals surface area contributed by atoms with Gasteiger partial charge in [-0.2, -0.15) is 0 Å². The first-order valence-electron chi connectivity index (χ1n) is 6.23. The Morgan fingerprint density at radius 1 is 1.35 bits per heavy atom. The maximum atomic E-state index is 5.43. The second-order valence-electron chi connectivity index (χ2n) is 4.24. The molecule has 1 aliphatic carbocycles. The molecular weight excluding hydrogens is 216 g/mol. The van der Waals surface area contributed by atoms with Crippen LogP contribution < -0.4 is 15.4 Å². The van der Waals surface area contributed by atoms with Crippen molar-refractivity contribution < 1.29 is 4.74 Å². The lowest BCUT2D eigenvalue weighted by Crippen LogP contribution is -2.24. The summed E-state index contributed by atoms with van der Waals surface area (Å²) in [6.07, 6.45) is 4.18. The Labute approximate surface area is 102 Å². The zero-order chi connectivity index (χ0) is 12.1. The Bertz CT molecular complexity index is 366. The van der Waals surface area contributed by atoms with Gasteiger partial charge in [0.05, 0.1) is 12.2 Å². The van der Waals surface area contributed by atoms with Crippen LogP contribution in [0.5, 0.6) is 5.88 Å². The third-order valence-electron chi connectivity index (χ3n) is 2.75.